The fourth-order valence-corrected chi connectivity index (χ4v) is 3.26. The number of benzene rings is 1. The van der Waals surface area contributed by atoms with Crippen molar-refractivity contribution >= 4 is 28.4 Å². The third kappa shape index (κ3) is 3.63. The molecule has 2 heterocycles. The van der Waals surface area contributed by atoms with Crippen molar-refractivity contribution in [2.24, 2.45) is 7.05 Å². The number of aryl methyl sites for hydroxylation is 2. The van der Waals surface area contributed by atoms with Crippen molar-refractivity contribution < 1.29 is 14.3 Å². The zero-order chi connectivity index (χ0) is 20.4. The van der Waals surface area contributed by atoms with Gasteiger partial charge in [0.25, 0.3) is 5.91 Å². The van der Waals surface area contributed by atoms with Gasteiger partial charge < -0.3 is 14.6 Å². The minimum atomic E-state index is -0.203. The van der Waals surface area contributed by atoms with Crippen molar-refractivity contribution in [1.82, 2.24) is 9.55 Å². The number of hydrogen-bond donors (Lipinski definition) is 1. The summed E-state index contributed by atoms with van der Waals surface area (Å²) in [5.41, 5.74) is 3.09. The van der Waals surface area contributed by atoms with Crippen LogP contribution in [0.2, 0.25) is 0 Å². The summed E-state index contributed by atoms with van der Waals surface area (Å²) in [4.78, 5) is 29.6. The SMILES string of the molecule is CCc1nc2c(cc1NC(=O)c1ccccc1)c(OC(C)C)c(C(C)=O)n2C. The molecule has 146 valence electrons. The van der Waals surface area contributed by atoms with Crippen LogP contribution >= 0.6 is 0 Å². The summed E-state index contributed by atoms with van der Waals surface area (Å²) >= 11 is 0. The maximum atomic E-state index is 12.6. The van der Waals surface area contributed by atoms with Crippen LogP contribution in [0.3, 0.4) is 0 Å². The molecular weight excluding hydrogens is 354 g/mol. The Morgan fingerprint density at radius 1 is 1.21 bits per heavy atom. The topological polar surface area (TPSA) is 73.2 Å². The smallest absolute Gasteiger partial charge is 0.255 e. The highest BCUT2D eigenvalue weighted by atomic mass is 16.5. The highest BCUT2D eigenvalue weighted by Gasteiger charge is 2.23. The van der Waals surface area contributed by atoms with Crippen molar-refractivity contribution in [2.45, 2.75) is 40.2 Å². The molecule has 0 unspecified atom stereocenters. The van der Waals surface area contributed by atoms with Gasteiger partial charge in [-0.2, -0.15) is 0 Å². The molecule has 0 aliphatic carbocycles. The Morgan fingerprint density at radius 2 is 1.89 bits per heavy atom. The molecule has 0 aliphatic heterocycles. The van der Waals surface area contributed by atoms with E-state index in [1.165, 1.54) is 6.92 Å². The van der Waals surface area contributed by atoms with Crippen molar-refractivity contribution in [2.75, 3.05) is 5.32 Å². The summed E-state index contributed by atoms with van der Waals surface area (Å²) in [7, 11) is 1.81. The molecule has 0 saturated heterocycles. The average molecular weight is 379 g/mol. The van der Waals surface area contributed by atoms with Gasteiger partial charge in [0.2, 0.25) is 0 Å². The highest BCUT2D eigenvalue weighted by molar-refractivity contribution is 6.07. The molecule has 6 heteroatoms. The number of ether oxygens (including phenoxy) is 1. The van der Waals surface area contributed by atoms with E-state index in [0.29, 0.717) is 40.1 Å². The van der Waals surface area contributed by atoms with Crippen LogP contribution in [0.25, 0.3) is 11.0 Å². The van der Waals surface area contributed by atoms with Gasteiger partial charge in [-0.15, -0.1) is 0 Å². The number of nitrogens with zero attached hydrogens (tertiary/aromatic N) is 2. The monoisotopic (exact) mass is 379 g/mol. The van der Waals surface area contributed by atoms with Crippen molar-refractivity contribution in [3.05, 3.63) is 53.3 Å². The summed E-state index contributed by atoms with van der Waals surface area (Å²) in [6, 6.07) is 10.9. The largest absolute Gasteiger partial charge is 0.488 e. The summed E-state index contributed by atoms with van der Waals surface area (Å²) in [5.74, 6) is 0.208. The van der Waals surface area contributed by atoms with E-state index >= 15 is 0 Å². The van der Waals surface area contributed by atoms with E-state index in [1.54, 1.807) is 23.7 Å². The Bertz CT molecular complexity index is 1040. The van der Waals surface area contributed by atoms with E-state index in [-0.39, 0.29) is 17.8 Å². The number of fused-ring (bicyclic) bond motifs is 1. The molecule has 1 amide bonds. The van der Waals surface area contributed by atoms with Crippen LogP contribution < -0.4 is 10.1 Å². The predicted molar refractivity (Wildman–Crippen MR) is 110 cm³/mol. The molecule has 0 atom stereocenters. The van der Waals surface area contributed by atoms with Gasteiger partial charge in [0.1, 0.15) is 11.3 Å². The average Bonchev–Trinajstić information content (AvgIpc) is 2.92. The number of aromatic nitrogens is 2. The fourth-order valence-electron chi connectivity index (χ4n) is 3.26. The second kappa shape index (κ2) is 7.84. The molecule has 1 aromatic carbocycles. The van der Waals surface area contributed by atoms with E-state index in [9.17, 15) is 9.59 Å². The number of Topliss-reactive ketones (excluding diaryl/α,β-unsaturated/α-hetero) is 1. The molecule has 6 nitrogen and oxygen atoms in total. The van der Waals surface area contributed by atoms with Crippen LogP contribution in [0.15, 0.2) is 36.4 Å². The van der Waals surface area contributed by atoms with Gasteiger partial charge in [-0.05, 0) is 38.5 Å². The molecule has 3 aromatic rings. The maximum Gasteiger partial charge on any atom is 0.255 e. The Hall–Kier alpha value is -3.15. The summed E-state index contributed by atoms with van der Waals surface area (Å²) in [5, 5.41) is 3.67. The second-order valence-electron chi connectivity index (χ2n) is 6.99. The van der Waals surface area contributed by atoms with Gasteiger partial charge in [-0.3, -0.25) is 9.59 Å². The third-order valence-corrected chi connectivity index (χ3v) is 4.50. The fraction of sp³-hybridized carbons (Fsp3) is 0.318. The van der Waals surface area contributed by atoms with E-state index in [0.717, 1.165) is 5.69 Å². The van der Waals surface area contributed by atoms with Crippen molar-refractivity contribution in [3.8, 4) is 5.75 Å². The van der Waals surface area contributed by atoms with Crippen molar-refractivity contribution in [3.63, 3.8) is 0 Å². The number of anilines is 1. The van der Waals surface area contributed by atoms with E-state index in [1.807, 2.05) is 45.0 Å². The molecule has 3 rings (SSSR count). The Morgan fingerprint density at radius 3 is 2.46 bits per heavy atom. The Balaban J connectivity index is 2.15. The number of carbonyl (C=O) groups is 2. The summed E-state index contributed by atoms with van der Waals surface area (Å²) in [6.45, 7) is 7.32. The Kier molecular flexibility index (Phi) is 5.49. The first kappa shape index (κ1) is 19.6. The first-order valence-electron chi connectivity index (χ1n) is 9.39. The summed E-state index contributed by atoms with van der Waals surface area (Å²) < 4.78 is 7.73. The van der Waals surface area contributed by atoms with Gasteiger partial charge in [0.05, 0.1) is 22.9 Å². The lowest BCUT2D eigenvalue weighted by atomic mass is 10.1. The zero-order valence-corrected chi connectivity index (χ0v) is 16.9. The Labute approximate surface area is 164 Å². The van der Waals surface area contributed by atoms with Crippen LogP contribution in [0.4, 0.5) is 5.69 Å². The van der Waals surface area contributed by atoms with Crippen LogP contribution in [0.5, 0.6) is 5.75 Å². The minimum Gasteiger partial charge on any atom is -0.488 e. The normalized spacial score (nSPS) is 11.1. The number of carbonyl (C=O) groups excluding carboxylic acids is 2. The predicted octanol–water partition coefficient (Wildman–Crippen LogP) is 4.38. The lowest BCUT2D eigenvalue weighted by Gasteiger charge is -2.12. The molecule has 0 fully saturated rings. The van der Waals surface area contributed by atoms with Crippen molar-refractivity contribution in [1.29, 1.82) is 0 Å². The van der Waals surface area contributed by atoms with Crippen LogP contribution in [-0.2, 0) is 13.5 Å². The zero-order valence-electron chi connectivity index (χ0n) is 16.9. The van der Waals surface area contributed by atoms with E-state index in [4.69, 9.17) is 9.72 Å². The standard InChI is InChI=1S/C22H25N3O3/c1-6-17-18(24-22(27)15-10-8-7-9-11-15)12-16-20(28-13(2)3)19(14(4)26)25(5)21(16)23-17/h7-13H,6H2,1-5H3,(H,24,27). The molecule has 0 bridgehead atoms. The highest BCUT2D eigenvalue weighted by Crippen LogP contribution is 2.35. The maximum absolute atomic E-state index is 12.6. The van der Waals surface area contributed by atoms with Gasteiger partial charge in [0.15, 0.2) is 11.5 Å². The third-order valence-electron chi connectivity index (χ3n) is 4.50. The molecule has 0 spiro atoms. The minimum absolute atomic E-state index is 0.0935. The quantitative estimate of drug-likeness (QED) is 0.645. The molecule has 28 heavy (non-hydrogen) atoms. The van der Waals surface area contributed by atoms with Crippen LogP contribution in [0.1, 0.15) is 54.2 Å². The molecule has 2 aromatic heterocycles. The van der Waals surface area contributed by atoms with Gasteiger partial charge in [0, 0.05) is 19.5 Å². The van der Waals surface area contributed by atoms with Crippen LogP contribution in [-0.4, -0.2) is 27.3 Å². The molecule has 0 saturated carbocycles. The molecule has 0 aliphatic rings. The molecule has 1 N–H and O–H groups in total. The van der Waals surface area contributed by atoms with Gasteiger partial charge >= 0.3 is 0 Å². The number of amides is 1. The van der Waals surface area contributed by atoms with E-state index in [2.05, 4.69) is 5.32 Å². The lowest BCUT2D eigenvalue weighted by molar-refractivity contribution is 0.0997. The lowest BCUT2D eigenvalue weighted by Crippen LogP contribution is -2.14. The van der Waals surface area contributed by atoms with Crippen LogP contribution in [0, 0.1) is 0 Å². The van der Waals surface area contributed by atoms with Gasteiger partial charge in [-0.25, -0.2) is 4.98 Å². The number of rotatable bonds is 6. The number of pyridine rings is 1. The molecular formula is C22H25N3O3. The van der Waals surface area contributed by atoms with E-state index < -0.39 is 0 Å². The first-order valence-corrected chi connectivity index (χ1v) is 9.39. The number of hydrogen-bond acceptors (Lipinski definition) is 4. The molecule has 0 radical (unpaired) electrons. The summed E-state index contributed by atoms with van der Waals surface area (Å²) in [6.07, 6.45) is 0.540. The first-order chi connectivity index (χ1) is 13.3. The van der Waals surface area contributed by atoms with Gasteiger partial charge in [-0.1, -0.05) is 25.1 Å². The second-order valence-corrected chi connectivity index (χ2v) is 6.99. The number of ketones is 1. The number of nitrogens with one attached hydrogen (secondary N) is 1.